The standard InChI is InChI=1S/C16H30N4O/c1-14(2)10-16(6-3-4-7-16)13-17-11-15-12-20(19-18-15)8-5-9-21/h12,14,17,21H,3-11,13H2,1-2H3. The maximum absolute atomic E-state index is 8.82. The van der Waals surface area contributed by atoms with Gasteiger partial charge < -0.3 is 10.4 Å². The van der Waals surface area contributed by atoms with E-state index >= 15 is 0 Å². The first-order valence-corrected chi connectivity index (χ1v) is 8.34. The van der Waals surface area contributed by atoms with Gasteiger partial charge in [-0.2, -0.15) is 0 Å². The SMILES string of the molecule is CC(C)CC1(CNCc2cn(CCCO)nn2)CCCC1. The first kappa shape index (κ1) is 16.4. The van der Waals surface area contributed by atoms with Crippen LogP contribution in [0.25, 0.3) is 0 Å². The number of aromatic nitrogens is 3. The largest absolute Gasteiger partial charge is 0.396 e. The fourth-order valence-electron chi connectivity index (χ4n) is 3.66. The molecule has 1 aromatic heterocycles. The Hall–Kier alpha value is -0.940. The molecule has 0 amide bonds. The van der Waals surface area contributed by atoms with Crippen LogP contribution in [-0.4, -0.2) is 33.3 Å². The highest BCUT2D eigenvalue weighted by atomic mass is 16.3. The normalized spacial score (nSPS) is 17.7. The van der Waals surface area contributed by atoms with Gasteiger partial charge in [-0.15, -0.1) is 5.10 Å². The summed E-state index contributed by atoms with van der Waals surface area (Å²) in [6, 6.07) is 0. The van der Waals surface area contributed by atoms with Crippen LogP contribution >= 0.6 is 0 Å². The summed E-state index contributed by atoms with van der Waals surface area (Å²) in [6.07, 6.45) is 9.52. The maximum Gasteiger partial charge on any atom is 0.0964 e. The number of hydrogen-bond acceptors (Lipinski definition) is 4. The molecular formula is C16H30N4O. The van der Waals surface area contributed by atoms with E-state index in [1.807, 2.05) is 10.9 Å². The van der Waals surface area contributed by atoms with Gasteiger partial charge in [-0.25, -0.2) is 0 Å². The topological polar surface area (TPSA) is 63.0 Å². The highest BCUT2D eigenvalue weighted by molar-refractivity contribution is 4.93. The quantitative estimate of drug-likeness (QED) is 0.734. The van der Waals surface area contributed by atoms with Gasteiger partial charge in [0.15, 0.2) is 0 Å². The second-order valence-corrected chi connectivity index (χ2v) is 6.96. The average Bonchev–Trinajstić information content (AvgIpc) is 3.06. The maximum atomic E-state index is 8.82. The van der Waals surface area contributed by atoms with Gasteiger partial charge in [0.25, 0.3) is 0 Å². The van der Waals surface area contributed by atoms with Crippen LogP contribution in [0.4, 0.5) is 0 Å². The molecule has 0 aromatic carbocycles. The molecule has 0 atom stereocenters. The van der Waals surface area contributed by atoms with Crippen LogP contribution in [0.5, 0.6) is 0 Å². The van der Waals surface area contributed by atoms with E-state index in [0.29, 0.717) is 5.41 Å². The summed E-state index contributed by atoms with van der Waals surface area (Å²) in [5.74, 6) is 0.768. The molecule has 21 heavy (non-hydrogen) atoms. The Morgan fingerprint density at radius 1 is 1.38 bits per heavy atom. The van der Waals surface area contributed by atoms with Crippen molar-refractivity contribution in [2.75, 3.05) is 13.2 Å². The fraction of sp³-hybridized carbons (Fsp3) is 0.875. The smallest absolute Gasteiger partial charge is 0.0964 e. The molecule has 120 valence electrons. The Morgan fingerprint density at radius 3 is 2.81 bits per heavy atom. The molecule has 1 saturated carbocycles. The Kier molecular flexibility index (Phi) is 6.18. The molecule has 0 unspecified atom stereocenters. The third kappa shape index (κ3) is 5.08. The van der Waals surface area contributed by atoms with Gasteiger partial charge in [0.1, 0.15) is 0 Å². The molecule has 0 radical (unpaired) electrons. The minimum absolute atomic E-state index is 0.200. The van der Waals surface area contributed by atoms with Crippen LogP contribution in [0.15, 0.2) is 6.20 Å². The van der Waals surface area contributed by atoms with Crippen molar-refractivity contribution >= 4 is 0 Å². The predicted octanol–water partition coefficient (Wildman–Crippen LogP) is 2.36. The van der Waals surface area contributed by atoms with Crippen molar-refractivity contribution in [1.82, 2.24) is 20.3 Å². The van der Waals surface area contributed by atoms with Crippen LogP contribution in [0.3, 0.4) is 0 Å². The molecule has 5 heteroatoms. The molecule has 1 heterocycles. The highest BCUT2D eigenvalue weighted by Gasteiger charge is 2.33. The van der Waals surface area contributed by atoms with Crippen LogP contribution < -0.4 is 5.32 Å². The minimum Gasteiger partial charge on any atom is -0.396 e. The molecule has 0 bridgehead atoms. The number of rotatable bonds is 9. The molecule has 1 fully saturated rings. The Bertz CT molecular complexity index is 410. The van der Waals surface area contributed by atoms with Gasteiger partial charge in [-0.05, 0) is 37.0 Å². The van der Waals surface area contributed by atoms with Gasteiger partial charge >= 0.3 is 0 Å². The zero-order valence-electron chi connectivity index (χ0n) is 13.5. The van der Waals surface area contributed by atoms with Crippen LogP contribution in [0, 0.1) is 11.3 Å². The number of aliphatic hydroxyl groups is 1. The number of aliphatic hydroxyl groups excluding tert-OH is 1. The summed E-state index contributed by atoms with van der Waals surface area (Å²) in [7, 11) is 0. The third-order valence-electron chi connectivity index (χ3n) is 4.44. The second-order valence-electron chi connectivity index (χ2n) is 6.96. The lowest BCUT2D eigenvalue weighted by Crippen LogP contribution is -2.33. The molecule has 2 N–H and O–H groups in total. The second kappa shape index (κ2) is 7.90. The van der Waals surface area contributed by atoms with Crippen LogP contribution in [0.2, 0.25) is 0 Å². The zero-order chi connectivity index (χ0) is 15.1. The Balaban J connectivity index is 1.78. The van der Waals surface area contributed by atoms with E-state index < -0.39 is 0 Å². The zero-order valence-corrected chi connectivity index (χ0v) is 13.5. The van der Waals surface area contributed by atoms with Crippen molar-refractivity contribution in [2.24, 2.45) is 11.3 Å². The molecular weight excluding hydrogens is 264 g/mol. The van der Waals surface area contributed by atoms with Gasteiger partial charge in [0, 0.05) is 32.4 Å². The van der Waals surface area contributed by atoms with Gasteiger partial charge in [-0.1, -0.05) is 31.9 Å². The van der Waals surface area contributed by atoms with Crippen molar-refractivity contribution < 1.29 is 5.11 Å². The first-order chi connectivity index (χ1) is 10.1. The Morgan fingerprint density at radius 2 is 2.14 bits per heavy atom. The number of aryl methyl sites for hydroxylation is 1. The van der Waals surface area contributed by atoms with E-state index in [1.54, 1.807) is 0 Å². The van der Waals surface area contributed by atoms with Gasteiger partial charge in [0.05, 0.1) is 5.69 Å². The van der Waals surface area contributed by atoms with Crippen molar-refractivity contribution in [3.63, 3.8) is 0 Å². The van der Waals surface area contributed by atoms with Crippen LogP contribution in [-0.2, 0) is 13.1 Å². The summed E-state index contributed by atoms with van der Waals surface area (Å²) in [6.45, 7) is 7.47. The fourth-order valence-corrected chi connectivity index (χ4v) is 3.66. The lowest BCUT2D eigenvalue weighted by Gasteiger charge is -2.31. The molecule has 1 aliphatic rings. The van der Waals surface area contributed by atoms with Crippen molar-refractivity contribution in [3.8, 4) is 0 Å². The van der Waals surface area contributed by atoms with E-state index in [1.165, 1.54) is 32.1 Å². The molecule has 2 rings (SSSR count). The first-order valence-electron chi connectivity index (χ1n) is 8.34. The monoisotopic (exact) mass is 294 g/mol. The number of hydrogen-bond donors (Lipinski definition) is 2. The van der Waals surface area contributed by atoms with E-state index in [0.717, 1.165) is 37.7 Å². The molecule has 1 aromatic rings. The van der Waals surface area contributed by atoms with E-state index in [4.69, 9.17) is 5.11 Å². The van der Waals surface area contributed by atoms with Crippen molar-refractivity contribution in [3.05, 3.63) is 11.9 Å². The minimum atomic E-state index is 0.200. The van der Waals surface area contributed by atoms with Gasteiger partial charge in [0.2, 0.25) is 0 Å². The van der Waals surface area contributed by atoms with Crippen LogP contribution in [0.1, 0.15) is 58.1 Å². The lowest BCUT2D eigenvalue weighted by molar-refractivity contribution is 0.223. The van der Waals surface area contributed by atoms with E-state index in [2.05, 4.69) is 29.5 Å². The van der Waals surface area contributed by atoms with Crippen molar-refractivity contribution in [2.45, 2.75) is 65.5 Å². The third-order valence-corrected chi connectivity index (χ3v) is 4.44. The molecule has 0 aliphatic heterocycles. The summed E-state index contributed by atoms with van der Waals surface area (Å²) < 4.78 is 1.81. The lowest BCUT2D eigenvalue weighted by atomic mass is 9.78. The summed E-state index contributed by atoms with van der Waals surface area (Å²) in [5.41, 5.74) is 1.49. The summed E-state index contributed by atoms with van der Waals surface area (Å²) >= 11 is 0. The number of nitrogens with zero attached hydrogens (tertiary/aromatic N) is 3. The summed E-state index contributed by atoms with van der Waals surface area (Å²) in [4.78, 5) is 0. The molecule has 1 aliphatic carbocycles. The van der Waals surface area contributed by atoms with E-state index in [9.17, 15) is 0 Å². The molecule has 0 saturated heterocycles. The number of nitrogens with one attached hydrogen (secondary N) is 1. The Labute approximate surface area is 128 Å². The average molecular weight is 294 g/mol. The van der Waals surface area contributed by atoms with Gasteiger partial charge in [-0.3, -0.25) is 4.68 Å². The van der Waals surface area contributed by atoms with Crippen molar-refractivity contribution in [1.29, 1.82) is 0 Å². The summed E-state index contributed by atoms with van der Waals surface area (Å²) in [5, 5.41) is 20.7. The van der Waals surface area contributed by atoms with E-state index in [-0.39, 0.29) is 6.61 Å². The molecule has 0 spiro atoms. The highest BCUT2D eigenvalue weighted by Crippen LogP contribution is 2.42. The molecule has 5 nitrogen and oxygen atoms in total. The predicted molar refractivity (Wildman–Crippen MR) is 83.8 cm³/mol.